The summed E-state index contributed by atoms with van der Waals surface area (Å²) in [4.78, 5) is 0. The monoisotopic (exact) mass is 368 g/mol. The van der Waals surface area contributed by atoms with E-state index in [1.165, 1.54) is 30.4 Å². The predicted molar refractivity (Wildman–Crippen MR) is 111 cm³/mol. The van der Waals surface area contributed by atoms with E-state index in [-0.39, 0.29) is 6.61 Å². The van der Waals surface area contributed by atoms with Crippen LogP contribution in [0.25, 0.3) is 11.1 Å². The van der Waals surface area contributed by atoms with Gasteiger partial charge in [0.2, 0.25) is 0 Å². The number of hydrogen-bond acceptors (Lipinski definition) is 4. The molecule has 4 N–H and O–H groups in total. The maximum absolute atomic E-state index is 10.2. The Kier molecular flexibility index (Phi) is 7.69. The minimum absolute atomic E-state index is 0.218. The summed E-state index contributed by atoms with van der Waals surface area (Å²) in [5.74, 6) is 0.338. The van der Waals surface area contributed by atoms with Crippen molar-refractivity contribution in [2.45, 2.75) is 51.1 Å². The molecule has 0 bridgehead atoms. The molecule has 2 aromatic carbocycles. The molecule has 1 fully saturated rings. The first-order valence-corrected chi connectivity index (χ1v) is 10.2. The minimum atomic E-state index is 0.218. The highest BCUT2D eigenvalue weighted by molar-refractivity contribution is 5.66. The van der Waals surface area contributed by atoms with Crippen LogP contribution >= 0.6 is 0 Å². The zero-order valence-electron chi connectivity index (χ0n) is 16.1. The van der Waals surface area contributed by atoms with E-state index in [4.69, 9.17) is 5.11 Å². The van der Waals surface area contributed by atoms with Gasteiger partial charge < -0.3 is 20.8 Å². The van der Waals surface area contributed by atoms with E-state index >= 15 is 0 Å². The van der Waals surface area contributed by atoms with Gasteiger partial charge in [0.05, 0.1) is 0 Å². The number of piperidine rings is 1. The summed E-state index contributed by atoms with van der Waals surface area (Å²) >= 11 is 0. The SMILES string of the molecule is OCCCNCc1cccc(-c2cc(O)cc(CC[C@H]3CCCCN3)c2)c1. The van der Waals surface area contributed by atoms with Gasteiger partial charge in [-0.2, -0.15) is 0 Å². The van der Waals surface area contributed by atoms with Crippen molar-refractivity contribution in [3.05, 3.63) is 53.6 Å². The fourth-order valence-electron chi connectivity index (χ4n) is 3.79. The number of hydrogen-bond donors (Lipinski definition) is 4. The molecule has 4 heteroatoms. The van der Waals surface area contributed by atoms with Gasteiger partial charge in [0, 0.05) is 19.2 Å². The molecule has 0 amide bonds. The molecule has 1 aliphatic heterocycles. The first kappa shape index (κ1) is 19.9. The second-order valence-electron chi connectivity index (χ2n) is 7.53. The second-order valence-corrected chi connectivity index (χ2v) is 7.53. The Labute approximate surface area is 162 Å². The Morgan fingerprint density at radius 1 is 1.04 bits per heavy atom. The van der Waals surface area contributed by atoms with Crippen molar-refractivity contribution in [3.8, 4) is 16.9 Å². The van der Waals surface area contributed by atoms with Gasteiger partial charge in [-0.25, -0.2) is 0 Å². The van der Waals surface area contributed by atoms with E-state index in [0.29, 0.717) is 11.8 Å². The topological polar surface area (TPSA) is 64.5 Å². The van der Waals surface area contributed by atoms with Gasteiger partial charge in [-0.15, -0.1) is 0 Å². The molecule has 2 aromatic rings. The van der Waals surface area contributed by atoms with Crippen LogP contribution < -0.4 is 10.6 Å². The standard InChI is InChI=1S/C23H32N2O2/c26-12-4-10-24-17-19-5-3-6-20(14-19)21-13-18(15-23(27)16-21)8-9-22-7-1-2-11-25-22/h3,5-6,13-16,22,24-27H,1-2,4,7-12,17H2/t22-/m1/s1. The third kappa shape index (κ3) is 6.35. The molecule has 1 aliphatic rings. The second kappa shape index (κ2) is 10.5. The summed E-state index contributed by atoms with van der Waals surface area (Å²) in [6, 6.07) is 15.0. The molecule has 1 heterocycles. The molecule has 0 aromatic heterocycles. The van der Waals surface area contributed by atoms with E-state index in [0.717, 1.165) is 50.0 Å². The largest absolute Gasteiger partial charge is 0.508 e. The number of aliphatic hydroxyl groups excluding tert-OH is 1. The molecule has 0 unspecified atom stereocenters. The lowest BCUT2D eigenvalue weighted by atomic mass is 9.95. The van der Waals surface area contributed by atoms with Crippen molar-refractivity contribution in [1.82, 2.24) is 10.6 Å². The Hall–Kier alpha value is -1.88. The molecule has 1 saturated heterocycles. The number of aromatic hydroxyl groups is 1. The zero-order chi connectivity index (χ0) is 18.9. The fourth-order valence-corrected chi connectivity index (χ4v) is 3.79. The molecule has 3 rings (SSSR count). The van der Waals surface area contributed by atoms with Gasteiger partial charge in [0.25, 0.3) is 0 Å². The van der Waals surface area contributed by atoms with E-state index < -0.39 is 0 Å². The summed E-state index contributed by atoms with van der Waals surface area (Å²) in [5, 5.41) is 26.0. The first-order chi connectivity index (χ1) is 13.2. The van der Waals surface area contributed by atoms with Crippen molar-refractivity contribution in [2.24, 2.45) is 0 Å². The Morgan fingerprint density at radius 3 is 2.74 bits per heavy atom. The van der Waals surface area contributed by atoms with Gasteiger partial charge in [-0.05, 0) is 85.6 Å². The van der Waals surface area contributed by atoms with Crippen molar-refractivity contribution < 1.29 is 10.2 Å². The number of phenols is 1. The van der Waals surface area contributed by atoms with Crippen LogP contribution in [-0.2, 0) is 13.0 Å². The van der Waals surface area contributed by atoms with E-state index in [9.17, 15) is 5.11 Å². The lowest BCUT2D eigenvalue weighted by Crippen LogP contribution is -2.34. The molecule has 1 atom stereocenters. The molecule has 27 heavy (non-hydrogen) atoms. The van der Waals surface area contributed by atoms with Crippen LogP contribution in [-0.4, -0.2) is 36.0 Å². The number of aliphatic hydroxyl groups is 1. The summed E-state index contributed by atoms with van der Waals surface area (Å²) in [6.07, 6.45) is 6.75. The molecule has 0 saturated carbocycles. The van der Waals surface area contributed by atoms with Gasteiger partial charge in [0.1, 0.15) is 5.75 Å². The van der Waals surface area contributed by atoms with E-state index in [1.807, 2.05) is 12.1 Å². The van der Waals surface area contributed by atoms with Crippen molar-refractivity contribution in [3.63, 3.8) is 0 Å². The van der Waals surface area contributed by atoms with Crippen LogP contribution in [0.1, 0.15) is 43.2 Å². The third-order valence-corrected chi connectivity index (χ3v) is 5.27. The molecular formula is C23H32N2O2. The molecule has 0 aliphatic carbocycles. The van der Waals surface area contributed by atoms with Crippen molar-refractivity contribution in [1.29, 1.82) is 0 Å². The molecule has 0 radical (unpaired) electrons. The van der Waals surface area contributed by atoms with E-state index in [1.54, 1.807) is 0 Å². The highest BCUT2D eigenvalue weighted by atomic mass is 16.3. The smallest absolute Gasteiger partial charge is 0.116 e. The Morgan fingerprint density at radius 2 is 1.93 bits per heavy atom. The third-order valence-electron chi connectivity index (χ3n) is 5.27. The maximum Gasteiger partial charge on any atom is 0.116 e. The van der Waals surface area contributed by atoms with Crippen LogP contribution in [0.15, 0.2) is 42.5 Å². The molecule has 4 nitrogen and oxygen atoms in total. The Balaban J connectivity index is 1.66. The van der Waals surface area contributed by atoms with Gasteiger partial charge in [-0.3, -0.25) is 0 Å². The van der Waals surface area contributed by atoms with Crippen LogP contribution in [0.5, 0.6) is 5.75 Å². The lowest BCUT2D eigenvalue weighted by molar-refractivity contribution is 0.286. The van der Waals surface area contributed by atoms with Crippen LogP contribution in [0.3, 0.4) is 0 Å². The zero-order valence-corrected chi connectivity index (χ0v) is 16.1. The average Bonchev–Trinajstić information content (AvgIpc) is 2.70. The highest BCUT2D eigenvalue weighted by Crippen LogP contribution is 2.27. The van der Waals surface area contributed by atoms with Crippen LogP contribution in [0, 0.1) is 0 Å². The first-order valence-electron chi connectivity index (χ1n) is 10.2. The van der Waals surface area contributed by atoms with E-state index in [2.05, 4.69) is 41.0 Å². The van der Waals surface area contributed by atoms with Crippen molar-refractivity contribution >= 4 is 0 Å². The normalized spacial score (nSPS) is 17.1. The number of nitrogens with one attached hydrogen (secondary N) is 2. The average molecular weight is 369 g/mol. The minimum Gasteiger partial charge on any atom is -0.508 e. The Bertz CT molecular complexity index is 711. The lowest BCUT2D eigenvalue weighted by Gasteiger charge is -2.23. The molecular weight excluding hydrogens is 336 g/mol. The number of aryl methyl sites for hydroxylation is 1. The van der Waals surface area contributed by atoms with Crippen molar-refractivity contribution in [2.75, 3.05) is 19.7 Å². The highest BCUT2D eigenvalue weighted by Gasteiger charge is 2.13. The number of phenolic OH excluding ortho intramolecular Hbond substituents is 1. The van der Waals surface area contributed by atoms with Crippen LogP contribution in [0.4, 0.5) is 0 Å². The predicted octanol–water partition coefficient (Wildman–Crippen LogP) is 3.61. The summed E-state index contributed by atoms with van der Waals surface area (Å²) in [5.41, 5.74) is 4.61. The van der Waals surface area contributed by atoms with Gasteiger partial charge in [0.15, 0.2) is 0 Å². The summed E-state index contributed by atoms with van der Waals surface area (Å²) in [6.45, 7) is 2.95. The maximum atomic E-state index is 10.2. The fraction of sp³-hybridized carbons (Fsp3) is 0.478. The number of benzene rings is 2. The summed E-state index contributed by atoms with van der Waals surface area (Å²) in [7, 11) is 0. The van der Waals surface area contributed by atoms with Crippen LogP contribution in [0.2, 0.25) is 0 Å². The summed E-state index contributed by atoms with van der Waals surface area (Å²) < 4.78 is 0. The quantitative estimate of drug-likeness (QED) is 0.511. The van der Waals surface area contributed by atoms with Gasteiger partial charge >= 0.3 is 0 Å². The number of rotatable bonds is 9. The molecule has 0 spiro atoms. The molecule has 146 valence electrons. The van der Waals surface area contributed by atoms with Gasteiger partial charge in [-0.1, -0.05) is 30.7 Å².